The number of carbonyl (C=O) groups is 1. The summed E-state index contributed by atoms with van der Waals surface area (Å²) < 4.78 is 0. The van der Waals surface area contributed by atoms with Crippen LogP contribution >= 0.6 is 0 Å². The first-order valence-corrected chi connectivity index (χ1v) is 4.43. The van der Waals surface area contributed by atoms with Crippen molar-refractivity contribution in [3.63, 3.8) is 0 Å². The standard InChI is InChI=1S/C6H8O2.C4H10O2/c1-2-3-4-5-6(7)8;5-3-1-2-4-6/h2-5H,1H3,(H,7,8);5-6H,1-4H2/b3-2+,5-4+;. The van der Waals surface area contributed by atoms with Crippen LogP contribution < -0.4 is 0 Å². The predicted octanol–water partition coefficient (Wildman–Crippen LogP) is 0.954. The zero-order valence-corrected chi connectivity index (χ0v) is 8.39. The van der Waals surface area contributed by atoms with E-state index in [4.69, 9.17) is 15.3 Å². The van der Waals surface area contributed by atoms with Gasteiger partial charge in [0.05, 0.1) is 0 Å². The van der Waals surface area contributed by atoms with Gasteiger partial charge in [0.15, 0.2) is 0 Å². The van der Waals surface area contributed by atoms with Gasteiger partial charge < -0.3 is 15.3 Å². The molecule has 82 valence electrons. The molecule has 0 bridgehead atoms. The van der Waals surface area contributed by atoms with Gasteiger partial charge in [-0.05, 0) is 19.8 Å². The van der Waals surface area contributed by atoms with Gasteiger partial charge in [0, 0.05) is 19.3 Å². The number of allylic oxidation sites excluding steroid dienone is 3. The molecule has 0 aliphatic carbocycles. The Morgan fingerprint density at radius 2 is 1.64 bits per heavy atom. The van der Waals surface area contributed by atoms with Crippen LogP contribution in [0.2, 0.25) is 0 Å². The SMILES string of the molecule is C/C=C/C=C/C(=O)O.OCCCCO. The normalized spacial score (nSPS) is 10.2. The molecule has 0 aromatic heterocycles. The molecule has 0 aromatic rings. The van der Waals surface area contributed by atoms with E-state index in [2.05, 4.69) is 0 Å². The van der Waals surface area contributed by atoms with Gasteiger partial charge in [0.2, 0.25) is 0 Å². The molecule has 0 spiro atoms. The molecule has 4 nitrogen and oxygen atoms in total. The third kappa shape index (κ3) is 22.4. The molecule has 0 radical (unpaired) electrons. The van der Waals surface area contributed by atoms with Crippen LogP contribution in [0.15, 0.2) is 24.3 Å². The maximum Gasteiger partial charge on any atom is 0.328 e. The van der Waals surface area contributed by atoms with Crippen LogP contribution in [0.3, 0.4) is 0 Å². The number of carboxylic acid groups (broad SMARTS) is 1. The lowest BCUT2D eigenvalue weighted by Gasteiger charge is -1.85. The highest BCUT2D eigenvalue weighted by molar-refractivity contribution is 5.80. The first kappa shape index (κ1) is 15.3. The summed E-state index contributed by atoms with van der Waals surface area (Å²) >= 11 is 0. The lowest BCUT2D eigenvalue weighted by Crippen LogP contribution is -1.85. The highest BCUT2D eigenvalue weighted by Crippen LogP contribution is 1.80. The van der Waals surface area contributed by atoms with E-state index in [1.165, 1.54) is 6.08 Å². The summed E-state index contributed by atoms with van der Waals surface area (Å²) in [6.07, 6.45) is 7.42. The fourth-order valence-electron chi connectivity index (χ4n) is 0.473. The summed E-state index contributed by atoms with van der Waals surface area (Å²) in [4.78, 5) is 9.75. The number of aliphatic hydroxyl groups is 2. The molecular weight excluding hydrogens is 184 g/mol. The van der Waals surface area contributed by atoms with Gasteiger partial charge in [-0.25, -0.2) is 4.79 Å². The number of aliphatic carboxylic acids is 1. The van der Waals surface area contributed by atoms with Gasteiger partial charge in [-0.15, -0.1) is 0 Å². The minimum atomic E-state index is -0.914. The van der Waals surface area contributed by atoms with Gasteiger partial charge >= 0.3 is 5.97 Å². The Morgan fingerprint density at radius 1 is 1.14 bits per heavy atom. The van der Waals surface area contributed by atoms with Crippen LogP contribution in [0.5, 0.6) is 0 Å². The largest absolute Gasteiger partial charge is 0.478 e. The van der Waals surface area contributed by atoms with Crippen LogP contribution in [0.1, 0.15) is 19.8 Å². The lowest BCUT2D eigenvalue weighted by molar-refractivity contribution is -0.131. The van der Waals surface area contributed by atoms with E-state index in [1.54, 1.807) is 12.2 Å². The van der Waals surface area contributed by atoms with Crippen molar-refractivity contribution in [2.75, 3.05) is 13.2 Å². The number of carboxylic acids is 1. The van der Waals surface area contributed by atoms with Crippen LogP contribution in [0.4, 0.5) is 0 Å². The number of hydrogen-bond donors (Lipinski definition) is 3. The van der Waals surface area contributed by atoms with Crippen molar-refractivity contribution in [2.24, 2.45) is 0 Å². The van der Waals surface area contributed by atoms with Gasteiger partial charge in [-0.3, -0.25) is 0 Å². The molecule has 3 N–H and O–H groups in total. The summed E-state index contributed by atoms with van der Waals surface area (Å²) in [6.45, 7) is 2.22. The summed E-state index contributed by atoms with van der Waals surface area (Å²) in [7, 11) is 0. The van der Waals surface area contributed by atoms with Crippen molar-refractivity contribution in [2.45, 2.75) is 19.8 Å². The zero-order chi connectivity index (χ0) is 11.2. The molecule has 14 heavy (non-hydrogen) atoms. The van der Waals surface area contributed by atoms with Crippen molar-refractivity contribution in [3.8, 4) is 0 Å². The Bertz CT molecular complexity index is 169. The molecule has 4 heteroatoms. The monoisotopic (exact) mass is 202 g/mol. The average molecular weight is 202 g/mol. The van der Waals surface area contributed by atoms with Crippen molar-refractivity contribution < 1.29 is 20.1 Å². The van der Waals surface area contributed by atoms with E-state index in [-0.39, 0.29) is 13.2 Å². The minimum absolute atomic E-state index is 0.195. The summed E-state index contributed by atoms with van der Waals surface area (Å²) in [6, 6.07) is 0. The van der Waals surface area contributed by atoms with E-state index >= 15 is 0 Å². The van der Waals surface area contributed by atoms with E-state index < -0.39 is 5.97 Å². The second-order valence-electron chi connectivity index (χ2n) is 2.38. The third-order valence-electron chi connectivity index (χ3n) is 1.11. The van der Waals surface area contributed by atoms with Crippen LogP contribution in [-0.4, -0.2) is 34.5 Å². The Hall–Kier alpha value is -1.13. The number of aliphatic hydroxyl groups excluding tert-OH is 2. The number of unbranched alkanes of at least 4 members (excludes halogenated alkanes) is 1. The maximum atomic E-state index is 9.75. The zero-order valence-electron chi connectivity index (χ0n) is 8.39. The summed E-state index contributed by atoms with van der Waals surface area (Å²) in [5.41, 5.74) is 0. The second-order valence-corrected chi connectivity index (χ2v) is 2.38. The molecule has 0 heterocycles. The maximum absolute atomic E-state index is 9.75. The summed E-state index contributed by atoms with van der Waals surface area (Å²) in [5.74, 6) is -0.914. The first-order valence-electron chi connectivity index (χ1n) is 4.43. The smallest absolute Gasteiger partial charge is 0.328 e. The fraction of sp³-hybridized carbons (Fsp3) is 0.500. The highest BCUT2D eigenvalue weighted by Gasteiger charge is 1.78. The van der Waals surface area contributed by atoms with Crippen molar-refractivity contribution in [3.05, 3.63) is 24.3 Å². The summed E-state index contributed by atoms with van der Waals surface area (Å²) in [5, 5.41) is 24.2. The molecule has 0 aromatic carbocycles. The first-order chi connectivity index (χ1) is 6.68. The average Bonchev–Trinajstić information content (AvgIpc) is 2.16. The molecule has 0 saturated carbocycles. The van der Waals surface area contributed by atoms with Crippen molar-refractivity contribution in [1.82, 2.24) is 0 Å². The molecule has 0 unspecified atom stereocenters. The van der Waals surface area contributed by atoms with Crippen molar-refractivity contribution >= 4 is 5.97 Å². The Labute approximate surface area is 84.2 Å². The second kappa shape index (κ2) is 14.4. The molecule has 0 rings (SSSR count). The molecular formula is C10H18O4. The molecule has 0 fully saturated rings. The minimum Gasteiger partial charge on any atom is -0.478 e. The van der Waals surface area contributed by atoms with Crippen molar-refractivity contribution in [1.29, 1.82) is 0 Å². The topological polar surface area (TPSA) is 77.8 Å². The van der Waals surface area contributed by atoms with Gasteiger partial charge in [-0.1, -0.05) is 18.2 Å². The third-order valence-corrected chi connectivity index (χ3v) is 1.11. The van der Waals surface area contributed by atoms with Crippen LogP contribution in [0, 0.1) is 0 Å². The lowest BCUT2D eigenvalue weighted by atomic mass is 10.3. The Kier molecular flexibility index (Phi) is 15.8. The Balaban J connectivity index is 0. The van der Waals surface area contributed by atoms with E-state index in [9.17, 15) is 4.79 Å². The van der Waals surface area contributed by atoms with E-state index in [1.807, 2.05) is 6.92 Å². The molecule has 0 saturated heterocycles. The quantitative estimate of drug-likeness (QED) is 0.352. The highest BCUT2D eigenvalue weighted by atomic mass is 16.4. The molecule has 0 aliphatic heterocycles. The van der Waals surface area contributed by atoms with Gasteiger partial charge in [0.25, 0.3) is 0 Å². The van der Waals surface area contributed by atoms with Gasteiger partial charge in [0.1, 0.15) is 0 Å². The van der Waals surface area contributed by atoms with E-state index in [0.29, 0.717) is 0 Å². The number of rotatable bonds is 5. The molecule has 0 atom stereocenters. The predicted molar refractivity (Wildman–Crippen MR) is 55.0 cm³/mol. The van der Waals surface area contributed by atoms with Crippen LogP contribution in [-0.2, 0) is 4.79 Å². The Morgan fingerprint density at radius 3 is 1.93 bits per heavy atom. The van der Waals surface area contributed by atoms with E-state index in [0.717, 1.165) is 18.9 Å². The number of hydrogen-bond acceptors (Lipinski definition) is 3. The molecule has 0 aliphatic rings. The molecule has 0 amide bonds. The van der Waals surface area contributed by atoms with Gasteiger partial charge in [-0.2, -0.15) is 0 Å². The fourth-order valence-corrected chi connectivity index (χ4v) is 0.473. The van der Waals surface area contributed by atoms with Crippen LogP contribution in [0.25, 0.3) is 0 Å².